The maximum atomic E-state index is 11.0. The normalized spacial score (nSPS) is 15.7. The third-order valence-corrected chi connectivity index (χ3v) is 4.00. The highest BCUT2D eigenvalue weighted by molar-refractivity contribution is 6.32. The van der Waals surface area contributed by atoms with Crippen LogP contribution in [0, 0.1) is 0 Å². The standard InChI is InChI=1S/C15H13ClN2O3/c1-21-15(6-7-15)12-9(3-2-4-10(12)16)11-5-8-17-13(18-11)14(19)20/h2-5,8H,6-7H2,1H3,(H,19,20). The van der Waals surface area contributed by atoms with Crippen molar-refractivity contribution in [3.05, 3.63) is 46.9 Å². The molecule has 0 amide bonds. The first-order valence-electron chi connectivity index (χ1n) is 6.48. The highest BCUT2D eigenvalue weighted by atomic mass is 35.5. The molecular weight excluding hydrogens is 292 g/mol. The smallest absolute Gasteiger partial charge is 0.373 e. The van der Waals surface area contributed by atoms with E-state index in [4.69, 9.17) is 21.4 Å². The Kier molecular flexibility index (Phi) is 3.39. The van der Waals surface area contributed by atoms with Gasteiger partial charge in [0.05, 0.1) is 11.3 Å². The molecule has 6 heteroatoms. The Morgan fingerprint density at radius 1 is 1.38 bits per heavy atom. The molecule has 0 spiro atoms. The van der Waals surface area contributed by atoms with Gasteiger partial charge in [-0.25, -0.2) is 14.8 Å². The van der Waals surface area contributed by atoms with E-state index < -0.39 is 5.97 Å². The second-order valence-electron chi connectivity index (χ2n) is 4.93. The van der Waals surface area contributed by atoms with E-state index in [0.717, 1.165) is 24.0 Å². The summed E-state index contributed by atoms with van der Waals surface area (Å²) in [7, 11) is 1.66. The van der Waals surface area contributed by atoms with E-state index in [1.54, 1.807) is 19.2 Å². The van der Waals surface area contributed by atoms with Gasteiger partial charge in [0.25, 0.3) is 0 Å². The molecule has 0 radical (unpaired) electrons. The van der Waals surface area contributed by atoms with E-state index >= 15 is 0 Å². The van der Waals surface area contributed by atoms with Crippen LogP contribution in [0.5, 0.6) is 0 Å². The molecule has 1 aromatic carbocycles. The molecule has 0 bridgehead atoms. The average molecular weight is 305 g/mol. The molecule has 0 unspecified atom stereocenters. The molecule has 5 nitrogen and oxygen atoms in total. The number of rotatable bonds is 4. The zero-order valence-corrected chi connectivity index (χ0v) is 12.1. The Bertz CT molecular complexity index is 714. The van der Waals surface area contributed by atoms with E-state index in [-0.39, 0.29) is 11.4 Å². The van der Waals surface area contributed by atoms with Crippen molar-refractivity contribution in [2.45, 2.75) is 18.4 Å². The minimum Gasteiger partial charge on any atom is -0.475 e. The van der Waals surface area contributed by atoms with E-state index in [2.05, 4.69) is 9.97 Å². The minimum atomic E-state index is -1.16. The fraction of sp³-hybridized carbons (Fsp3) is 0.267. The number of aromatic nitrogens is 2. The first-order chi connectivity index (χ1) is 10.1. The van der Waals surface area contributed by atoms with Crippen LogP contribution in [0.2, 0.25) is 5.02 Å². The third kappa shape index (κ3) is 2.39. The summed E-state index contributed by atoms with van der Waals surface area (Å²) >= 11 is 6.35. The quantitative estimate of drug-likeness (QED) is 0.939. The molecule has 0 aliphatic heterocycles. The van der Waals surface area contributed by atoms with Crippen molar-refractivity contribution >= 4 is 17.6 Å². The number of hydrogen-bond acceptors (Lipinski definition) is 4. The largest absolute Gasteiger partial charge is 0.475 e. The molecule has 0 saturated heterocycles. The molecule has 0 atom stereocenters. The number of carbonyl (C=O) groups is 1. The average Bonchev–Trinajstić information content (AvgIpc) is 3.28. The number of methoxy groups -OCH3 is 1. The van der Waals surface area contributed by atoms with Crippen LogP contribution in [-0.4, -0.2) is 28.2 Å². The van der Waals surface area contributed by atoms with Crippen LogP contribution in [0.1, 0.15) is 29.0 Å². The molecule has 21 heavy (non-hydrogen) atoms. The Morgan fingerprint density at radius 3 is 2.76 bits per heavy atom. The second kappa shape index (κ2) is 5.09. The predicted octanol–water partition coefficient (Wildman–Crippen LogP) is 3.13. The van der Waals surface area contributed by atoms with Gasteiger partial charge in [-0.05, 0) is 25.0 Å². The summed E-state index contributed by atoms with van der Waals surface area (Å²) in [6.45, 7) is 0. The first kappa shape index (κ1) is 14.0. The molecule has 1 heterocycles. The lowest BCUT2D eigenvalue weighted by molar-refractivity contribution is 0.0683. The number of benzene rings is 1. The number of halogens is 1. The van der Waals surface area contributed by atoms with Gasteiger partial charge in [-0.2, -0.15) is 0 Å². The molecular formula is C15H13ClN2O3. The monoisotopic (exact) mass is 304 g/mol. The number of nitrogens with zero attached hydrogens (tertiary/aromatic N) is 2. The number of carboxylic acids is 1. The molecule has 1 aromatic heterocycles. The minimum absolute atomic E-state index is 0.235. The Labute approximate surface area is 126 Å². The van der Waals surface area contributed by atoms with Crippen molar-refractivity contribution in [3.8, 4) is 11.3 Å². The molecule has 1 fully saturated rings. The third-order valence-electron chi connectivity index (χ3n) is 3.69. The second-order valence-corrected chi connectivity index (χ2v) is 5.34. The van der Waals surface area contributed by atoms with E-state index in [1.165, 1.54) is 6.20 Å². The van der Waals surface area contributed by atoms with Crippen molar-refractivity contribution in [1.29, 1.82) is 0 Å². The highest BCUT2D eigenvalue weighted by Gasteiger charge is 2.47. The maximum absolute atomic E-state index is 11.0. The van der Waals surface area contributed by atoms with Gasteiger partial charge < -0.3 is 9.84 Å². The summed E-state index contributed by atoms with van der Waals surface area (Å²) in [5.41, 5.74) is 1.79. The molecule has 2 aromatic rings. The fourth-order valence-electron chi connectivity index (χ4n) is 2.48. The van der Waals surface area contributed by atoms with Crippen LogP contribution in [0.15, 0.2) is 30.5 Å². The topological polar surface area (TPSA) is 72.3 Å². The van der Waals surface area contributed by atoms with Gasteiger partial charge in [0.1, 0.15) is 0 Å². The molecule has 3 rings (SSSR count). The van der Waals surface area contributed by atoms with Crippen LogP contribution in [0.3, 0.4) is 0 Å². The zero-order valence-electron chi connectivity index (χ0n) is 11.3. The molecule has 1 saturated carbocycles. The summed E-state index contributed by atoms with van der Waals surface area (Å²) in [6, 6.07) is 7.16. The zero-order chi connectivity index (χ0) is 15.0. The summed E-state index contributed by atoms with van der Waals surface area (Å²) in [6.07, 6.45) is 3.21. The van der Waals surface area contributed by atoms with Gasteiger partial charge in [-0.3, -0.25) is 0 Å². The van der Waals surface area contributed by atoms with Crippen LogP contribution in [0.4, 0.5) is 0 Å². The van der Waals surface area contributed by atoms with Crippen molar-refractivity contribution in [3.63, 3.8) is 0 Å². The molecule has 1 aliphatic carbocycles. The number of ether oxygens (including phenoxy) is 1. The summed E-state index contributed by atoms with van der Waals surface area (Å²) in [5.74, 6) is -1.39. The SMILES string of the molecule is COC1(c2c(Cl)cccc2-c2ccnc(C(=O)O)n2)CC1. The van der Waals surface area contributed by atoms with Gasteiger partial charge in [0, 0.05) is 29.5 Å². The van der Waals surface area contributed by atoms with Gasteiger partial charge in [-0.1, -0.05) is 23.7 Å². The van der Waals surface area contributed by atoms with E-state index in [1.807, 2.05) is 12.1 Å². The highest BCUT2D eigenvalue weighted by Crippen LogP contribution is 2.53. The van der Waals surface area contributed by atoms with Gasteiger partial charge in [0.2, 0.25) is 5.82 Å². The Morgan fingerprint density at radius 2 is 2.14 bits per heavy atom. The van der Waals surface area contributed by atoms with E-state index in [0.29, 0.717) is 10.7 Å². The van der Waals surface area contributed by atoms with Crippen LogP contribution in [0.25, 0.3) is 11.3 Å². The number of carboxylic acid groups (broad SMARTS) is 1. The van der Waals surface area contributed by atoms with Crippen LogP contribution >= 0.6 is 11.6 Å². The molecule has 1 N–H and O–H groups in total. The van der Waals surface area contributed by atoms with Crippen LogP contribution < -0.4 is 0 Å². The Hall–Kier alpha value is -1.98. The Balaban J connectivity index is 2.17. The van der Waals surface area contributed by atoms with Crippen molar-refractivity contribution in [2.24, 2.45) is 0 Å². The maximum Gasteiger partial charge on any atom is 0.373 e. The number of aromatic carboxylic acids is 1. The predicted molar refractivity (Wildman–Crippen MR) is 77.4 cm³/mol. The summed E-state index contributed by atoms with van der Waals surface area (Å²) < 4.78 is 5.61. The summed E-state index contributed by atoms with van der Waals surface area (Å²) in [4.78, 5) is 18.9. The lowest BCUT2D eigenvalue weighted by Crippen LogP contribution is -2.12. The number of hydrogen-bond donors (Lipinski definition) is 1. The summed E-state index contributed by atoms with van der Waals surface area (Å²) in [5, 5.41) is 9.62. The lowest BCUT2D eigenvalue weighted by Gasteiger charge is -2.19. The van der Waals surface area contributed by atoms with Crippen molar-refractivity contribution in [2.75, 3.05) is 7.11 Å². The van der Waals surface area contributed by atoms with E-state index in [9.17, 15) is 4.79 Å². The van der Waals surface area contributed by atoms with Crippen molar-refractivity contribution in [1.82, 2.24) is 9.97 Å². The van der Waals surface area contributed by atoms with Gasteiger partial charge in [0.15, 0.2) is 0 Å². The van der Waals surface area contributed by atoms with Crippen molar-refractivity contribution < 1.29 is 14.6 Å². The van der Waals surface area contributed by atoms with Gasteiger partial charge in [-0.15, -0.1) is 0 Å². The first-order valence-corrected chi connectivity index (χ1v) is 6.86. The molecule has 1 aliphatic rings. The lowest BCUT2D eigenvalue weighted by atomic mass is 9.97. The van der Waals surface area contributed by atoms with Crippen LogP contribution in [-0.2, 0) is 10.3 Å². The fourth-order valence-corrected chi connectivity index (χ4v) is 2.83. The molecule has 108 valence electrons. The van der Waals surface area contributed by atoms with Gasteiger partial charge >= 0.3 is 5.97 Å².